The first-order valence-electron chi connectivity index (χ1n) is 7.00. The lowest BCUT2D eigenvalue weighted by molar-refractivity contribution is 0.669. The summed E-state index contributed by atoms with van der Waals surface area (Å²) in [5.41, 5.74) is 6.20. The van der Waals surface area contributed by atoms with Crippen molar-refractivity contribution >= 4 is 54.9 Å². The van der Waals surface area contributed by atoms with Gasteiger partial charge in [0.1, 0.15) is 0 Å². The molecule has 1 atom stereocenters. The van der Waals surface area contributed by atoms with Gasteiger partial charge >= 0.3 is 0 Å². The summed E-state index contributed by atoms with van der Waals surface area (Å²) in [6.07, 6.45) is 8.21. The second-order valence-corrected chi connectivity index (χ2v) is 8.43. The third-order valence-corrected chi connectivity index (χ3v) is 6.81. The van der Waals surface area contributed by atoms with Gasteiger partial charge in [-0.25, -0.2) is 11.6 Å². The van der Waals surface area contributed by atoms with Crippen LogP contribution in [0.25, 0.3) is 0 Å². The summed E-state index contributed by atoms with van der Waals surface area (Å²) in [6, 6.07) is 6.78. The molecule has 0 saturated carbocycles. The monoisotopic (exact) mass is 410 g/mol. The summed E-state index contributed by atoms with van der Waals surface area (Å²) >= 11 is 9.35. The Morgan fingerprint density at radius 1 is 1.25 bits per heavy atom. The Hall–Kier alpha value is 0.0749. The number of fused-ring (bicyclic) bond motifs is 1. The zero-order chi connectivity index (χ0) is 14.3. The molecule has 0 N–H and O–H groups in total. The van der Waals surface area contributed by atoms with Gasteiger partial charge in [-0.3, -0.25) is 0 Å². The minimum atomic E-state index is 0.472. The minimum Gasteiger partial charge on any atom is -0.200 e. The second-order valence-electron chi connectivity index (χ2n) is 5.65. The molecule has 0 spiro atoms. The highest BCUT2D eigenvalue weighted by Gasteiger charge is 2.31. The van der Waals surface area contributed by atoms with Crippen LogP contribution in [0.5, 0.6) is 0 Å². The van der Waals surface area contributed by atoms with Crippen LogP contribution in [0.15, 0.2) is 44.3 Å². The van der Waals surface area contributed by atoms with Crippen molar-refractivity contribution in [3.05, 3.63) is 49.8 Å². The molecule has 1 unspecified atom stereocenters. The average Bonchev–Trinajstić information content (AvgIpc) is 2.56. The predicted octanol–water partition coefficient (Wildman–Crippen LogP) is 5.11. The first kappa shape index (κ1) is 15.0. The Morgan fingerprint density at radius 2 is 2.05 bits per heavy atom. The number of allylic oxidation sites excluding steroid dienone is 4. The van der Waals surface area contributed by atoms with Gasteiger partial charge in [-0.2, -0.15) is 0 Å². The van der Waals surface area contributed by atoms with E-state index < -0.39 is 0 Å². The third-order valence-electron chi connectivity index (χ3n) is 4.33. The van der Waals surface area contributed by atoms with Crippen LogP contribution in [0.1, 0.15) is 25.3 Å². The largest absolute Gasteiger partial charge is 0.274 e. The average molecular weight is 412 g/mol. The normalized spacial score (nSPS) is 22.1. The van der Waals surface area contributed by atoms with E-state index >= 15 is 0 Å². The van der Waals surface area contributed by atoms with Crippen molar-refractivity contribution in [1.29, 1.82) is 0 Å². The summed E-state index contributed by atoms with van der Waals surface area (Å²) in [6.45, 7) is 2.31. The molecule has 1 aromatic carbocycles. The lowest BCUT2D eigenvalue weighted by Crippen LogP contribution is -2.32. The molecule has 2 aliphatic rings. The quantitative estimate of drug-likeness (QED) is 0.578. The van der Waals surface area contributed by atoms with Crippen molar-refractivity contribution in [2.45, 2.75) is 26.2 Å². The number of halogens is 2. The number of benzene rings is 1. The van der Waals surface area contributed by atoms with Crippen molar-refractivity contribution in [3.63, 3.8) is 0 Å². The summed E-state index contributed by atoms with van der Waals surface area (Å²) in [7, 11) is 0. The summed E-state index contributed by atoms with van der Waals surface area (Å²) < 4.78 is 2.54. The van der Waals surface area contributed by atoms with Crippen LogP contribution in [-0.4, -0.2) is 12.2 Å². The Balaban J connectivity index is 2.12. The van der Waals surface area contributed by atoms with Gasteiger partial charge in [0, 0.05) is 4.47 Å². The molecule has 0 aromatic heterocycles. The molecule has 0 nitrogen and oxygen atoms in total. The Labute approximate surface area is 142 Å². The molecule has 0 radical (unpaired) electrons. The molecule has 20 heavy (non-hydrogen) atoms. The lowest BCUT2D eigenvalue weighted by Gasteiger charge is -2.24. The fraction of sp³-hybridized carbons (Fsp3) is 0.375. The van der Waals surface area contributed by atoms with E-state index in [-0.39, 0.29) is 0 Å². The smallest absolute Gasteiger partial charge is 0.200 e. The highest BCUT2D eigenvalue weighted by atomic mass is 79.9. The lowest BCUT2D eigenvalue weighted by atomic mass is 9.58. The van der Waals surface area contributed by atoms with Crippen molar-refractivity contribution in [3.8, 4) is 0 Å². The SMILES string of the molecule is CSB1C2=C(CCc3ccc(Br)cc31)CC(C)C(Br)=C2. The first-order chi connectivity index (χ1) is 9.60. The standard InChI is InChI=1S/C16H17BBr2S/c1-10-7-12-4-3-11-5-6-13(18)8-14(11)17(20-2)15(12)9-16(10)19/h5-6,8-10H,3-4,7H2,1-2H3. The molecule has 0 bridgehead atoms. The fourth-order valence-corrected chi connectivity index (χ4v) is 4.98. The Kier molecular flexibility index (Phi) is 4.54. The minimum absolute atomic E-state index is 0.472. The van der Waals surface area contributed by atoms with Crippen LogP contribution >= 0.6 is 43.5 Å². The molecule has 4 heteroatoms. The molecular formula is C16H17BBr2S. The number of hydrogen-bond donors (Lipinski definition) is 0. The van der Waals surface area contributed by atoms with E-state index in [1.54, 1.807) is 11.0 Å². The van der Waals surface area contributed by atoms with E-state index in [4.69, 9.17) is 0 Å². The van der Waals surface area contributed by atoms with E-state index in [1.807, 2.05) is 11.6 Å². The Morgan fingerprint density at radius 3 is 2.80 bits per heavy atom. The van der Waals surface area contributed by atoms with Gasteiger partial charge in [0.2, 0.25) is 0 Å². The molecule has 3 rings (SSSR count). The van der Waals surface area contributed by atoms with Gasteiger partial charge in [0.25, 0.3) is 5.99 Å². The van der Waals surface area contributed by atoms with Crippen LogP contribution in [0.4, 0.5) is 0 Å². The van der Waals surface area contributed by atoms with E-state index in [0.29, 0.717) is 11.9 Å². The molecule has 104 valence electrons. The topological polar surface area (TPSA) is 0 Å². The first-order valence-corrected chi connectivity index (χ1v) is 9.87. The van der Waals surface area contributed by atoms with Crippen LogP contribution < -0.4 is 5.46 Å². The van der Waals surface area contributed by atoms with Gasteiger partial charge in [0.05, 0.1) is 0 Å². The van der Waals surface area contributed by atoms with Gasteiger partial charge in [-0.05, 0) is 42.0 Å². The number of aryl methyl sites for hydroxylation is 1. The molecular weight excluding hydrogens is 395 g/mol. The van der Waals surface area contributed by atoms with Crippen LogP contribution in [-0.2, 0) is 6.42 Å². The van der Waals surface area contributed by atoms with Gasteiger partial charge < -0.3 is 0 Å². The highest BCUT2D eigenvalue weighted by molar-refractivity contribution is 9.11. The van der Waals surface area contributed by atoms with Crippen LogP contribution in [0, 0.1) is 5.92 Å². The number of rotatable bonds is 1. The Bertz CT molecular complexity index is 606. The van der Waals surface area contributed by atoms with Gasteiger partial charge in [-0.15, -0.1) is 0 Å². The number of hydrogen-bond acceptors (Lipinski definition) is 1. The maximum Gasteiger partial charge on any atom is 0.274 e. The van der Waals surface area contributed by atoms with Crippen LogP contribution in [0.3, 0.4) is 0 Å². The predicted molar refractivity (Wildman–Crippen MR) is 99.2 cm³/mol. The molecule has 1 aromatic rings. The van der Waals surface area contributed by atoms with Crippen molar-refractivity contribution in [2.75, 3.05) is 6.26 Å². The van der Waals surface area contributed by atoms with E-state index in [2.05, 4.69) is 69.3 Å². The van der Waals surface area contributed by atoms with Gasteiger partial charge in [-0.1, -0.05) is 79.1 Å². The molecule has 1 aliphatic carbocycles. The summed E-state index contributed by atoms with van der Waals surface area (Å²) in [5.74, 6) is 1.10. The van der Waals surface area contributed by atoms with Crippen molar-refractivity contribution < 1.29 is 0 Å². The van der Waals surface area contributed by atoms with Gasteiger partial charge in [0.15, 0.2) is 0 Å². The molecule has 0 saturated heterocycles. The summed E-state index contributed by atoms with van der Waals surface area (Å²) in [5, 5.41) is 0. The molecule has 1 aliphatic heterocycles. The molecule has 0 amide bonds. The molecule has 0 fully saturated rings. The summed E-state index contributed by atoms with van der Waals surface area (Å²) in [4.78, 5) is 0. The third kappa shape index (κ3) is 2.71. The van der Waals surface area contributed by atoms with Crippen molar-refractivity contribution in [1.82, 2.24) is 0 Å². The van der Waals surface area contributed by atoms with Crippen LogP contribution in [0.2, 0.25) is 0 Å². The maximum atomic E-state index is 3.76. The highest BCUT2D eigenvalue weighted by Crippen LogP contribution is 2.38. The zero-order valence-electron chi connectivity index (χ0n) is 11.7. The zero-order valence-corrected chi connectivity index (χ0v) is 15.7. The van der Waals surface area contributed by atoms with E-state index in [0.717, 1.165) is 0 Å². The maximum absolute atomic E-state index is 3.76. The second kappa shape index (κ2) is 6.06. The van der Waals surface area contributed by atoms with Crippen molar-refractivity contribution in [2.24, 2.45) is 5.92 Å². The van der Waals surface area contributed by atoms with E-state index in [9.17, 15) is 0 Å². The van der Waals surface area contributed by atoms with E-state index in [1.165, 1.54) is 39.2 Å². The fourth-order valence-electron chi connectivity index (χ4n) is 3.23. The molecule has 1 heterocycles.